The molecule has 4 rings (SSSR count). The second kappa shape index (κ2) is 9.77. The first-order valence-corrected chi connectivity index (χ1v) is 12.3. The summed E-state index contributed by atoms with van der Waals surface area (Å²) in [5, 5.41) is 11.5. The third-order valence-corrected chi connectivity index (χ3v) is 8.77. The van der Waals surface area contributed by atoms with Crippen molar-refractivity contribution in [2.75, 3.05) is 0 Å². The Bertz CT molecular complexity index is 1480. The molecule has 0 N–H and O–H groups in total. The third kappa shape index (κ3) is 4.05. The van der Waals surface area contributed by atoms with Gasteiger partial charge < -0.3 is 5.11 Å². The first-order chi connectivity index (χ1) is 16.4. The smallest absolute Gasteiger partial charge is 0.199 e. The van der Waals surface area contributed by atoms with E-state index in [-0.39, 0.29) is 73.6 Å². The van der Waals surface area contributed by atoms with Crippen molar-refractivity contribution in [2.24, 2.45) is 0 Å². The zero-order valence-electron chi connectivity index (χ0n) is 16.5. The second-order valence-corrected chi connectivity index (χ2v) is 10.1. The zero-order chi connectivity index (χ0) is 25.9. The maximum absolute atomic E-state index is 12.7. The van der Waals surface area contributed by atoms with Crippen molar-refractivity contribution < 1.29 is 19.5 Å². The molecule has 0 aliphatic heterocycles. The number of ketones is 3. The molecule has 0 bridgehead atoms. The SMILES string of the molecule is O=C1C(=CC=CC=CC2=C([O-])c3c(Cl)c(Cl)c(Cl)c(Cl)c3C2=O)C(=O)c2c(Cl)c(Cl)c(Cl)c(Cl)c21. The van der Waals surface area contributed by atoms with Gasteiger partial charge in [-0.15, -0.1) is 0 Å². The van der Waals surface area contributed by atoms with Crippen LogP contribution in [0.25, 0.3) is 5.76 Å². The van der Waals surface area contributed by atoms with E-state index >= 15 is 0 Å². The summed E-state index contributed by atoms with van der Waals surface area (Å²) >= 11 is 48.3. The van der Waals surface area contributed by atoms with Gasteiger partial charge in [-0.1, -0.05) is 123 Å². The van der Waals surface area contributed by atoms with Crippen molar-refractivity contribution in [1.29, 1.82) is 0 Å². The molecule has 0 atom stereocenters. The van der Waals surface area contributed by atoms with Crippen molar-refractivity contribution >= 4 is 116 Å². The molecule has 0 heterocycles. The van der Waals surface area contributed by atoms with Crippen LogP contribution in [0.1, 0.15) is 36.6 Å². The van der Waals surface area contributed by atoms with Crippen LogP contribution in [0.3, 0.4) is 0 Å². The zero-order valence-corrected chi connectivity index (χ0v) is 22.6. The molecule has 4 nitrogen and oxygen atoms in total. The van der Waals surface area contributed by atoms with Crippen LogP contribution in [0.15, 0.2) is 41.5 Å². The van der Waals surface area contributed by atoms with Crippen LogP contribution < -0.4 is 5.11 Å². The van der Waals surface area contributed by atoms with Gasteiger partial charge in [0.05, 0.1) is 62.4 Å². The van der Waals surface area contributed by atoms with E-state index in [2.05, 4.69) is 0 Å². The van der Waals surface area contributed by atoms with E-state index in [4.69, 9.17) is 92.8 Å². The Morgan fingerprint density at radius 1 is 0.486 bits per heavy atom. The number of benzene rings is 2. The largest absolute Gasteiger partial charge is 0.872 e. The van der Waals surface area contributed by atoms with Gasteiger partial charge in [0.1, 0.15) is 0 Å². The Morgan fingerprint density at radius 3 is 1.34 bits per heavy atom. The lowest BCUT2D eigenvalue weighted by molar-refractivity contribution is -0.244. The Kier molecular flexibility index (Phi) is 7.42. The van der Waals surface area contributed by atoms with E-state index < -0.39 is 23.1 Å². The number of allylic oxidation sites excluding steroid dienone is 7. The Hall–Kier alpha value is -1.47. The van der Waals surface area contributed by atoms with Crippen LogP contribution >= 0.6 is 92.8 Å². The van der Waals surface area contributed by atoms with E-state index in [1.54, 1.807) is 0 Å². The summed E-state index contributed by atoms with van der Waals surface area (Å²) < 4.78 is 0. The molecule has 0 aromatic heterocycles. The summed E-state index contributed by atoms with van der Waals surface area (Å²) in [6, 6.07) is 0. The van der Waals surface area contributed by atoms with E-state index in [9.17, 15) is 19.5 Å². The fourth-order valence-electron chi connectivity index (χ4n) is 3.53. The molecule has 2 aromatic rings. The van der Waals surface area contributed by atoms with E-state index in [1.807, 2.05) is 0 Å². The van der Waals surface area contributed by atoms with Crippen LogP contribution in [-0.2, 0) is 0 Å². The van der Waals surface area contributed by atoms with Crippen molar-refractivity contribution in [3.05, 3.63) is 104 Å². The number of fused-ring (bicyclic) bond motifs is 2. The van der Waals surface area contributed by atoms with Gasteiger partial charge in [0.25, 0.3) is 0 Å². The van der Waals surface area contributed by atoms with Crippen LogP contribution in [-0.4, -0.2) is 17.3 Å². The number of Topliss-reactive ketones (excluding diaryl/α,β-unsaturated/α-hetero) is 3. The molecule has 2 aromatic carbocycles. The predicted octanol–water partition coefficient (Wildman–Crippen LogP) is 8.30. The molecular formula is C23H5Cl8O4-. The van der Waals surface area contributed by atoms with E-state index in [1.165, 1.54) is 30.4 Å². The monoisotopic (exact) mass is 625 g/mol. The summed E-state index contributed by atoms with van der Waals surface area (Å²) in [6.07, 6.45) is 6.55. The van der Waals surface area contributed by atoms with Gasteiger partial charge >= 0.3 is 0 Å². The number of carbonyl (C=O) groups excluding carboxylic acids is 3. The standard InChI is InChI=1S/C23H6Cl8O4/c24-12-8-9(13(25)17(29)16(12)28)21(33)6(20(8)32)4-2-1-3-5-7-22(34)10-11(23(7)35)15(27)19(31)18(30)14(10)26/h1-5,32H/p-1. The second-order valence-electron chi connectivity index (χ2n) is 7.07. The van der Waals surface area contributed by atoms with Gasteiger partial charge in [0.2, 0.25) is 0 Å². The number of rotatable bonds is 3. The average molecular weight is 629 g/mol. The molecule has 0 unspecified atom stereocenters. The lowest BCUT2D eigenvalue weighted by Gasteiger charge is -2.14. The Labute approximate surface area is 237 Å². The molecule has 2 aliphatic rings. The minimum Gasteiger partial charge on any atom is -0.872 e. The Morgan fingerprint density at radius 2 is 0.886 bits per heavy atom. The number of hydrogen-bond donors (Lipinski definition) is 0. The van der Waals surface area contributed by atoms with Gasteiger partial charge in [-0.3, -0.25) is 14.4 Å². The van der Waals surface area contributed by atoms with Gasteiger partial charge in [-0.05, 0) is 6.08 Å². The summed E-state index contributed by atoms with van der Waals surface area (Å²) in [6.45, 7) is 0. The van der Waals surface area contributed by atoms with E-state index in [0.29, 0.717) is 0 Å². The molecule has 178 valence electrons. The van der Waals surface area contributed by atoms with Gasteiger partial charge in [0.15, 0.2) is 17.3 Å². The fraction of sp³-hybridized carbons (Fsp3) is 0. The van der Waals surface area contributed by atoms with Crippen LogP contribution in [0, 0.1) is 0 Å². The molecule has 0 radical (unpaired) electrons. The van der Waals surface area contributed by atoms with Gasteiger partial charge in [-0.2, -0.15) is 0 Å². The normalized spacial score (nSPS) is 15.3. The first kappa shape index (κ1) is 26.6. The summed E-state index contributed by atoms with van der Waals surface area (Å²) in [7, 11) is 0. The summed E-state index contributed by atoms with van der Waals surface area (Å²) in [5.74, 6) is -2.69. The lowest BCUT2D eigenvalue weighted by atomic mass is 10.1. The van der Waals surface area contributed by atoms with Crippen molar-refractivity contribution in [3.63, 3.8) is 0 Å². The minimum atomic E-state index is -0.673. The fourth-order valence-corrected chi connectivity index (χ4v) is 5.58. The highest BCUT2D eigenvalue weighted by Gasteiger charge is 2.39. The molecule has 0 saturated heterocycles. The highest BCUT2D eigenvalue weighted by atomic mass is 35.5. The van der Waals surface area contributed by atoms with Crippen LogP contribution in [0.4, 0.5) is 0 Å². The third-order valence-electron chi connectivity index (χ3n) is 5.17. The highest BCUT2D eigenvalue weighted by molar-refractivity contribution is 6.57. The van der Waals surface area contributed by atoms with Crippen molar-refractivity contribution in [2.45, 2.75) is 0 Å². The first-order valence-electron chi connectivity index (χ1n) is 9.24. The number of hydrogen-bond acceptors (Lipinski definition) is 4. The van der Waals surface area contributed by atoms with E-state index in [0.717, 1.165) is 0 Å². The molecule has 0 amide bonds. The maximum Gasteiger partial charge on any atom is 0.199 e. The highest BCUT2D eigenvalue weighted by Crippen LogP contribution is 2.48. The van der Waals surface area contributed by atoms with Crippen molar-refractivity contribution in [3.8, 4) is 0 Å². The summed E-state index contributed by atoms with van der Waals surface area (Å²) in [5.41, 5.74) is -0.966. The van der Waals surface area contributed by atoms with Gasteiger partial charge in [-0.25, -0.2) is 0 Å². The topological polar surface area (TPSA) is 74.3 Å². The molecule has 0 fully saturated rings. The molecule has 2 aliphatic carbocycles. The predicted molar refractivity (Wildman–Crippen MR) is 139 cm³/mol. The molecule has 35 heavy (non-hydrogen) atoms. The summed E-state index contributed by atoms with van der Waals surface area (Å²) in [4.78, 5) is 38.2. The molecule has 0 saturated carbocycles. The maximum atomic E-state index is 12.7. The number of halogens is 8. The Balaban J connectivity index is 1.63. The minimum absolute atomic E-state index is 0.132. The van der Waals surface area contributed by atoms with Crippen LogP contribution in [0.5, 0.6) is 0 Å². The lowest BCUT2D eigenvalue weighted by Crippen LogP contribution is -2.03. The number of carbonyl (C=O) groups is 3. The van der Waals surface area contributed by atoms with Gasteiger partial charge in [0, 0.05) is 11.1 Å². The van der Waals surface area contributed by atoms with Crippen LogP contribution in [0.2, 0.25) is 40.2 Å². The quantitative estimate of drug-likeness (QED) is 0.113. The molecule has 0 spiro atoms. The average Bonchev–Trinajstić information content (AvgIpc) is 3.22. The molecule has 12 heteroatoms. The molecular weight excluding hydrogens is 624 g/mol. The van der Waals surface area contributed by atoms with Crippen molar-refractivity contribution in [1.82, 2.24) is 0 Å².